The van der Waals surface area contributed by atoms with E-state index in [1.165, 1.54) is 4.90 Å². The summed E-state index contributed by atoms with van der Waals surface area (Å²) >= 11 is 0. The minimum atomic E-state index is -1.31. The van der Waals surface area contributed by atoms with E-state index in [0.717, 1.165) is 0 Å². The molecule has 0 atom stereocenters. The number of hydrogen-bond acceptors (Lipinski definition) is 3. The second kappa shape index (κ2) is 3.82. The SMILES string of the molecule is CC(C)CN(C)C(O)O. The average molecular weight is 133 g/mol. The summed E-state index contributed by atoms with van der Waals surface area (Å²) in [7, 11) is 1.67. The Hall–Kier alpha value is -0.120. The molecule has 0 saturated heterocycles. The van der Waals surface area contributed by atoms with E-state index in [9.17, 15) is 0 Å². The van der Waals surface area contributed by atoms with Crippen LogP contribution in [0.15, 0.2) is 0 Å². The Kier molecular flexibility index (Phi) is 3.77. The molecule has 0 bridgehead atoms. The fourth-order valence-corrected chi connectivity index (χ4v) is 0.670. The molecule has 0 aromatic carbocycles. The Morgan fingerprint density at radius 3 is 1.89 bits per heavy atom. The first-order valence-corrected chi connectivity index (χ1v) is 3.10. The summed E-state index contributed by atoms with van der Waals surface area (Å²) in [5.74, 6) is 0.469. The lowest BCUT2D eigenvalue weighted by Crippen LogP contribution is -2.33. The van der Waals surface area contributed by atoms with E-state index in [0.29, 0.717) is 12.5 Å². The molecule has 0 amide bonds. The van der Waals surface area contributed by atoms with Gasteiger partial charge in [0.2, 0.25) is 6.41 Å². The molecule has 0 aromatic rings. The van der Waals surface area contributed by atoms with Crippen molar-refractivity contribution in [1.82, 2.24) is 4.90 Å². The summed E-state index contributed by atoms with van der Waals surface area (Å²) in [5.41, 5.74) is 0. The second-order valence-corrected chi connectivity index (χ2v) is 2.68. The van der Waals surface area contributed by atoms with Gasteiger partial charge in [-0.05, 0) is 13.0 Å². The van der Waals surface area contributed by atoms with Crippen LogP contribution in [-0.4, -0.2) is 35.1 Å². The Bertz CT molecular complexity index is 73.5. The van der Waals surface area contributed by atoms with Crippen molar-refractivity contribution >= 4 is 0 Å². The minimum absolute atomic E-state index is 0.469. The second-order valence-electron chi connectivity index (χ2n) is 2.68. The van der Waals surface area contributed by atoms with Crippen LogP contribution in [0.3, 0.4) is 0 Å². The molecule has 56 valence electrons. The lowest BCUT2D eigenvalue weighted by Gasteiger charge is -2.19. The maximum Gasteiger partial charge on any atom is 0.213 e. The first kappa shape index (κ1) is 8.88. The molecule has 0 heterocycles. The Morgan fingerprint density at radius 1 is 1.33 bits per heavy atom. The summed E-state index contributed by atoms with van der Waals surface area (Å²) in [6, 6.07) is 0. The quantitative estimate of drug-likeness (QED) is 0.526. The van der Waals surface area contributed by atoms with Gasteiger partial charge in [-0.1, -0.05) is 13.8 Å². The number of aliphatic hydroxyl groups excluding tert-OH is 1. The van der Waals surface area contributed by atoms with Gasteiger partial charge >= 0.3 is 0 Å². The molecule has 0 fully saturated rings. The number of nitrogens with zero attached hydrogens (tertiary/aromatic N) is 1. The third-order valence-electron chi connectivity index (χ3n) is 1.05. The van der Waals surface area contributed by atoms with Crippen LogP contribution in [0.1, 0.15) is 13.8 Å². The number of rotatable bonds is 3. The molecule has 0 aromatic heterocycles. The molecule has 0 rings (SSSR count). The van der Waals surface area contributed by atoms with E-state index < -0.39 is 6.41 Å². The van der Waals surface area contributed by atoms with Crippen LogP contribution in [0.4, 0.5) is 0 Å². The summed E-state index contributed by atoms with van der Waals surface area (Å²) in [6.07, 6.45) is -1.31. The highest BCUT2D eigenvalue weighted by Crippen LogP contribution is 1.96. The van der Waals surface area contributed by atoms with Gasteiger partial charge in [0.25, 0.3) is 0 Å². The Balaban J connectivity index is 3.38. The van der Waals surface area contributed by atoms with Crippen molar-refractivity contribution in [3.8, 4) is 0 Å². The highest BCUT2D eigenvalue weighted by molar-refractivity contribution is 4.50. The first-order chi connectivity index (χ1) is 4.04. The van der Waals surface area contributed by atoms with E-state index in [2.05, 4.69) is 0 Å². The van der Waals surface area contributed by atoms with E-state index >= 15 is 0 Å². The van der Waals surface area contributed by atoms with Crippen LogP contribution >= 0.6 is 0 Å². The highest BCUT2D eigenvalue weighted by atomic mass is 16.5. The summed E-state index contributed by atoms with van der Waals surface area (Å²) in [5, 5.41) is 17.1. The van der Waals surface area contributed by atoms with Gasteiger partial charge in [-0.2, -0.15) is 0 Å². The van der Waals surface area contributed by atoms with Crippen molar-refractivity contribution in [2.45, 2.75) is 20.3 Å². The van der Waals surface area contributed by atoms with E-state index in [-0.39, 0.29) is 0 Å². The first-order valence-electron chi connectivity index (χ1n) is 3.10. The van der Waals surface area contributed by atoms with Crippen LogP contribution in [0, 0.1) is 5.92 Å². The van der Waals surface area contributed by atoms with Crippen molar-refractivity contribution < 1.29 is 10.2 Å². The normalized spacial score (nSPS) is 12.0. The molecule has 0 radical (unpaired) electrons. The van der Waals surface area contributed by atoms with Crippen LogP contribution < -0.4 is 0 Å². The summed E-state index contributed by atoms with van der Waals surface area (Å²) in [4.78, 5) is 1.48. The highest BCUT2D eigenvalue weighted by Gasteiger charge is 2.06. The third-order valence-corrected chi connectivity index (χ3v) is 1.05. The predicted octanol–water partition coefficient (Wildman–Crippen LogP) is -0.158. The number of aliphatic hydroxyl groups is 2. The van der Waals surface area contributed by atoms with Gasteiger partial charge < -0.3 is 10.2 Å². The van der Waals surface area contributed by atoms with Crippen molar-refractivity contribution in [3.63, 3.8) is 0 Å². The maximum atomic E-state index is 8.55. The molecule has 0 aliphatic heterocycles. The minimum Gasteiger partial charge on any atom is -0.356 e. The molecule has 3 nitrogen and oxygen atoms in total. The molecule has 2 N–H and O–H groups in total. The van der Waals surface area contributed by atoms with Crippen LogP contribution in [0.5, 0.6) is 0 Å². The molecule has 0 aliphatic carbocycles. The molecular weight excluding hydrogens is 118 g/mol. The maximum absolute atomic E-state index is 8.55. The van der Waals surface area contributed by atoms with E-state index in [1.807, 2.05) is 13.8 Å². The van der Waals surface area contributed by atoms with Gasteiger partial charge in [-0.3, -0.25) is 4.90 Å². The summed E-state index contributed by atoms with van der Waals surface area (Å²) < 4.78 is 0. The fourth-order valence-electron chi connectivity index (χ4n) is 0.670. The standard InChI is InChI=1S/C6H15NO2/c1-5(2)4-7(3)6(8)9/h5-6,8-9H,4H2,1-3H3. The van der Waals surface area contributed by atoms with Gasteiger partial charge in [0.15, 0.2) is 0 Å². The van der Waals surface area contributed by atoms with Crippen molar-refractivity contribution in [2.75, 3.05) is 13.6 Å². The molecule has 0 saturated carbocycles. The van der Waals surface area contributed by atoms with Gasteiger partial charge in [0.1, 0.15) is 0 Å². The zero-order valence-corrected chi connectivity index (χ0v) is 6.20. The molecule has 9 heavy (non-hydrogen) atoms. The van der Waals surface area contributed by atoms with Crippen LogP contribution in [-0.2, 0) is 0 Å². The zero-order chi connectivity index (χ0) is 7.44. The summed E-state index contributed by atoms with van der Waals surface area (Å²) in [6.45, 7) is 4.76. The van der Waals surface area contributed by atoms with Gasteiger partial charge in [-0.15, -0.1) is 0 Å². The third kappa shape index (κ3) is 4.39. The van der Waals surface area contributed by atoms with Crippen molar-refractivity contribution in [3.05, 3.63) is 0 Å². The van der Waals surface area contributed by atoms with Gasteiger partial charge in [-0.25, -0.2) is 0 Å². The lowest BCUT2D eigenvalue weighted by atomic mass is 10.2. The van der Waals surface area contributed by atoms with E-state index in [1.54, 1.807) is 7.05 Å². The van der Waals surface area contributed by atoms with Crippen LogP contribution in [0.2, 0.25) is 0 Å². The van der Waals surface area contributed by atoms with Crippen molar-refractivity contribution in [2.24, 2.45) is 5.92 Å². The Morgan fingerprint density at radius 2 is 1.78 bits per heavy atom. The largest absolute Gasteiger partial charge is 0.356 e. The lowest BCUT2D eigenvalue weighted by molar-refractivity contribution is -0.147. The molecule has 0 spiro atoms. The molecule has 0 aliphatic rings. The topological polar surface area (TPSA) is 43.7 Å². The van der Waals surface area contributed by atoms with E-state index in [4.69, 9.17) is 10.2 Å². The van der Waals surface area contributed by atoms with Gasteiger partial charge in [0.05, 0.1) is 0 Å². The smallest absolute Gasteiger partial charge is 0.213 e. The average Bonchev–Trinajstić information content (AvgIpc) is 1.63. The molecular formula is C6H15NO2. The van der Waals surface area contributed by atoms with Crippen LogP contribution in [0.25, 0.3) is 0 Å². The predicted molar refractivity (Wildman–Crippen MR) is 35.7 cm³/mol. The molecule has 0 unspecified atom stereocenters. The Labute approximate surface area is 55.9 Å². The number of hydrogen-bond donors (Lipinski definition) is 2. The fraction of sp³-hybridized carbons (Fsp3) is 1.00. The monoisotopic (exact) mass is 133 g/mol. The zero-order valence-electron chi connectivity index (χ0n) is 6.20. The molecule has 3 heteroatoms. The van der Waals surface area contributed by atoms with Crippen molar-refractivity contribution in [1.29, 1.82) is 0 Å². The van der Waals surface area contributed by atoms with Gasteiger partial charge in [0, 0.05) is 6.54 Å².